The van der Waals surface area contributed by atoms with Crippen LogP contribution in [0.2, 0.25) is 0 Å². The van der Waals surface area contributed by atoms with Gasteiger partial charge in [-0.3, -0.25) is 4.90 Å². The van der Waals surface area contributed by atoms with Gasteiger partial charge in [0.05, 0.1) is 0 Å². The van der Waals surface area contributed by atoms with Crippen molar-refractivity contribution in [3.8, 4) is 11.5 Å². The van der Waals surface area contributed by atoms with Crippen LogP contribution in [0.1, 0.15) is 39.5 Å². The zero-order valence-corrected chi connectivity index (χ0v) is 12.3. The van der Waals surface area contributed by atoms with Crippen LogP contribution in [0, 0.1) is 0 Å². The highest BCUT2D eigenvalue weighted by molar-refractivity contribution is 5.29. The zero-order valence-electron chi connectivity index (χ0n) is 12.3. The molecule has 0 aromatic heterocycles. The molecule has 0 aliphatic rings. The van der Waals surface area contributed by atoms with E-state index in [4.69, 9.17) is 4.74 Å². The van der Waals surface area contributed by atoms with Crippen molar-refractivity contribution in [2.75, 3.05) is 26.2 Å². The number of hydrogen-bond acceptors (Lipinski definition) is 3. The highest BCUT2D eigenvalue weighted by Gasteiger charge is 2.04. The number of benzene rings is 1. The summed E-state index contributed by atoms with van der Waals surface area (Å²) in [6.07, 6.45) is 4.98. The van der Waals surface area contributed by atoms with Crippen LogP contribution >= 0.6 is 0 Å². The molecule has 1 N–H and O–H groups in total. The summed E-state index contributed by atoms with van der Waals surface area (Å²) >= 11 is 0. The summed E-state index contributed by atoms with van der Waals surface area (Å²) in [5, 5.41) is 9.20. The maximum atomic E-state index is 9.20. The minimum atomic E-state index is 0.278. The molecule has 108 valence electrons. The Balaban J connectivity index is 2.27. The topological polar surface area (TPSA) is 32.7 Å². The Morgan fingerprint density at radius 3 is 2.05 bits per heavy atom. The van der Waals surface area contributed by atoms with Crippen molar-refractivity contribution >= 4 is 0 Å². The molecule has 0 atom stereocenters. The van der Waals surface area contributed by atoms with Gasteiger partial charge < -0.3 is 9.84 Å². The van der Waals surface area contributed by atoms with Gasteiger partial charge in [0, 0.05) is 6.54 Å². The van der Waals surface area contributed by atoms with Crippen LogP contribution in [-0.2, 0) is 0 Å². The molecular formula is C16H27NO2. The van der Waals surface area contributed by atoms with Gasteiger partial charge in [0.2, 0.25) is 0 Å². The van der Waals surface area contributed by atoms with Crippen molar-refractivity contribution in [2.45, 2.75) is 39.5 Å². The lowest BCUT2D eigenvalue weighted by molar-refractivity contribution is 0.204. The van der Waals surface area contributed by atoms with E-state index in [9.17, 15) is 5.11 Å². The van der Waals surface area contributed by atoms with Crippen LogP contribution in [0.15, 0.2) is 24.3 Å². The normalized spacial score (nSPS) is 10.9. The second kappa shape index (κ2) is 9.68. The molecule has 1 aromatic rings. The van der Waals surface area contributed by atoms with E-state index in [-0.39, 0.29) is 5.75 Å². The van der Waals surface area contributed by atoms with E-state index < -0.39 is 0 Å². The summed E-state index contributed by atoms with van der Waals surface area (Å²) in [6, 6.07) is 6.91. The van der Waals surface area contributed by atoms with Crippen LogP contribution in [0.3, 0.4) is 0 Å². The Kier molecular flexibility index (Phi) is 8.07. The standard InChI is InChI=1S/C16H27NO2/c1-3-5-11-17(12-6-4-2)13-14-19-16-9-7-15(18)8-10-16/h7-10,18H,3-6,11-14H2,1-2H3. The Morgan fingerprint density at radius 1 is 0.947 bits per heavy atom. The Hall–Kier alpha value is -1.22. The number of rotatable bonds is 10. The average Bonchev–Trinajstić information content (AvgIpc) is 2.43. The lowest BCUT2D eigenvalue weighted by Crippen LogP contribution is -2.30. The summed E-state index contributed by atoms with van der Waals surface area (Å²) in [6.45, 7) is 8.46. The molecule has 0 fully saturated rings. The number of aromatic hydroxyl groups is 1. The third-order valence-corrected chi connectivity index (χ3v) is 3.17. The van der Waals surface area contributed by atoms with Crippen molar-refractivity contribution in [1.29, 1.82) is 0 Å². The Labute approximate surface area is 117 Å². The van der Waals surface area contributed by atoms with Crippen molar-refractivity contribution in [3.63, 3.8) is 0 Å². The first-order chi connectivity index (χ1) is 9.26. The molecule has 0 bridgehead atoms. The minimum absolute atomic E-state index is 0.278. The van der Waals surface area contributed by atoms with E-state index in [0.717, 1.165) is 25.4 Å². The molecule has 0 saturated heterocycles. The van der Waals surface area contributed by atoms with Crippen LogP contribution < -0.4 is 4.74 Å². The number of phenols is 1. The van der Waals surface area contributed by atoms with Gasteiger partial charge in [-0.15, -0.1) is 0 Å². The molecule has 1 aromatic carbocycles. The molecule has 19 heavy (non-hydrogen) atoms. The summed E-state index contributed by atoms with van der Waals surface area (Å²) in [7, 11) is 0. The molecule has 0 unspecified atom stereocenters. The van der Waals surface area contributed by atoms with Crippen molar-refractivity contribution in [2.24, 2.45) is 0 Å². The summed E-state index contributed by atoms with van der Waals surface area (Å²) in [4.78, 5) is 2.48. The van der Waals surface area contributed by atoms with Gasteiger partial charge in [-0.25, -0.2) is 0 Å². The minimum Gasteiger partial charge on any atom is -0.508 e. The van der Waals surface area contributed by atoms with E-state index in [1.807, 2.05) is 0 Å². The molecule has 0 aliphatic carbocycles. The molecule has 1 rings (SSSR count). The molecule has 0 heterocycles. The lowest BCUT2D eigenvalue weighted by atomic mass is 10.2. The monoisotopic (exact) mass is 265 g/mol. The molecule has 0 amide bonds. The highest BCUT2D eigenvalue weighted by atomic mass is 16.5. The number of ether oxygens (including phenoxy) is 1. The highest BCUT2D eigenvalue weighted by Crippen LogP contribution is 2.15. The molecule has 3 nitrogen and oxygen atoms in total. The van der Waals surface area contributed by atoms with Gasteiger partial charge in [-0.2, -0.15) is 0 Å². The maximum absolute atomic E-state index is 9.20. The van der Waals surface area contributed by atoms with E-state index in [0.29, 0.717) is 6.61 Å². The third-order valence-electron chi connectivity index (χ3n) is 3.17. The van der Waals surface area contributed by atoms with E-state index in [2.05, 4.69) is 18.7 Å². The van der Waals surface area contributed by atoms with Gasteiger partial charge in [-0.05, 0) is 50.2 Å². The Bertz CT molecular complexity index is 316. The molecule has 3 heteroatoms. The predicted molar refractivity (Wildman–Crippen MR) is 79.9 cm³/mol. The first-order valence-electron chi connectivity index (χ1n) is 7.40. The fourth-order valence-electron chi connectivity index (χ4n) is 1.93. The zero-order chi connectivity index (χ0) is 13.9. The molecular weight excluding hydrogens is 238 g/mol. The number of nitrogens with zero attached hydrogens (tertiary/aromatic N) is 1. The smallest absolute Gasteiger partial charge is 0.119 e. The molecule has 0 saturated carbocycles. The first-order valence-corrected chi connectivity index (χ1v) is 7.40. The van der Waals surface area contributed by atoms with E-state index in [1.54, 1.807) is 24.3 Å². The lowest BCUT2D eigenvalue weighted by Gasteiger charge is -2.21. The first kappa shape index (κ1) is 15.8. The van der Waals surface area contributed by atoms with Gasteiger partial charge in [0.15, 0.2) is 0 Å². The Morgan fingerprint density at radius 2 is 1.53 bits per heavy atom. The quantitative estimate of drug-likeness (QED) is 0.700. The largest absolute Gasteiger partial charge is 0.508 e. The van der Waals surface area contributed by atoms with Crippen LogP contribution in [0.25, 0.3) is 0 Å². The number of unbranched alkanes of at least 4 members (excludes halogenated alkanes) is 2. The number of hydrogen-bond donors (Lipinski definition) is 1. The fourth-order valence-corrected chi connectivity index (χ4v) is 1.93. The summed E-state index contributed by atoms with van der Waals surface area (Å²) in [5.41, 5.74) is 0. The van der Waals surface area contributed by atoms with Crippen LogP contribution in [0.4, 0.5) is 0 Å². The fraction of sp³-hybridized carbons (Fsp3) is 0.625. The van der Waals surface area contributed by atoms with Crippen molar-refractivity contribution in [1.82, 2.24) is 4.90 Å². The predicted octanol–water partition coefficient (Wildman–Crippen LogP) is 3.67. The second-order valence-electron chi connectivity index (χ2n) is 4.89. The SMILES string of the molecule is CCCCN(CCCC)CCOc1ccc(O)cc1. The van der Waals surface area contributed by atoms with Crippen LogP contribution in [-0.4, -0.2) is 36.2 Å². The number of phenolic OH excluding ortho intramolecular Hbond substituents is 1. The molecule has 0 spiro atoms. The van der Waals surface area contributed by atoms with Crippen molar-refractivity contribution < 1.29 is 9.84 Å². The van der Waals surface area contributed by atoms with Gasteiger partial charge in [0.25, 0.3) is 0 Å². The van der Waals surface area contributed by atoms with Gasteiger partial charge in [0.1, 0.15) is 18.1 Å². The summed E-state index contributed by atoms with van der Waals surface area (Å²) < 4.78 is 5.70. The van der Waals surface area contributed by atoms with E-state index in [1.165, 1.54) is 25.7 Å². The van der Waals surface area contributed by atoms with E-state index >= 15 is 0 Å². The maximum Gasteiger partial charge on any atom is 0.119 e. The second-order valence-corrected chi connectivity index (χ2v) is 4.89. The third kappa shape index (κ3) is 7.06. The molecule has 0 aliphatic heterocycles. The average molecular weight is 265 g/mol. The summed E-state index contributed by atoms with van der Waals surface area (Å²) in [5.74, 6) is 1.10. The van der Waals surface area contributed by atoms with Crippen molar-refractivity contribution in [3.05, 3.63) is 24.3 Å². The van der Waals surface area contributed by atoms with Gasteiger partial charge >= 0.3 is 0 Å². The van der Waals surface area contributed by atoms with Gasteiger partial charge in [-0.1, -0.05) is 26.7 Å². The molecule has 0 radical (unpaired) electrons. The van der Waals surface area contributed by atoms with Crippen LogP contribution in [0.5, 0.6) is 11.5 Å².